The number of ether oxygens (including phenoxy) is 1. The van der Waals surface area contributed by atoms with E-state index < -0.39 is 108 Å². The number of hydrogen-bond acceptors (Lipinski definition) is 22. The van der Waals surface area contributed by atoms with Gasteiger partial charge < -0.3 is 35.4 Å². The summed E-state index contributed by atoms with van der Waals surface area (Å²) < 4.78 is 4.85. The minimum absolute atomic E-state index is 0.601. The van der Waals surface area contributed by atoms with Crippen molar-refractivity contribution in [1.29, 1.82) is 0 Å². The van der Waals surface area contributed by atoms with E-state index in [1.165, 1.54) is 0 Å². The maximum Gasteiger partial charge on any atom is 0.421 e. The van der Waals surface area contributed by atoms with Crippen molar-refractivity contribution in [3.8, 4) is 0 Å². The monoisotopic (exact) mass is 628 g/mol. The number of Topliss-reactive ketones (excluding diaryl/α,β-unsaturated/α-hetero) is 3. The lowest BCUT2D eigenvalue weighted by molar-refractivity contribution is -0.383. The average molecular weight is 628 g/mol. The van der Waals surface area contributed by atoms with Gasteiger partial charge in [-0.25, -0.2) is 58.1 Å². The number of aliphatic hydroxyl groups excluding tert-OH is 4. The molecule has 0 aromatic carbocycles. The summed E-state index contributed by atoms with van der Waals surface area (Å²) in [4.78, 5) is 129. The van der Waals surface area contributed by atoms with E-state index in [2.05, 4.69) is 29.3 Å². The van der Waals surface area contributed by atoms with Crippen LogP contribution in [0.25, 0.3) is 0 Å². The second kappa shape index (κ2) is 14.6. The van der Waals surface area contributed by atoms with Crippen molar-refractivity contribution in [2.45, 2.75) is 63.0 Å². The summed E-state index contributed by atoms with van der Waals surface area (Å²) in [7, 11) is 0. The van der Waals surface area contributed by atoms with Crippen molar-refractivity contribution in [1.82, 2.24) is 0 Å². The summed E-state index contributed by atoms with van der Waals surface area (Å²) in [5, 5.41) is 62.7. The molecule has 0 spiro atoms. The van der Waals surface area contributed by atoms with Crippen LogP contribution < -0.4 is 0 Å². The van der Waals surface area contributed by atoms with E-state index >= 15 is 0 Å². The van der Waals surface area contributed by atoms with Crippen molar-refractivity contribution in [3.63, 3.8) is 0 Å². The van der Waals surface area contributed by atoms with Gasteiger partial charge >= 0.3 is 35.8 Å². The van der Waals surface area contributed by atoms with E-state index in [1.54, 1.807) is 0 Å². The van der Waals surface area contributed by atoms with Crippen LogP contribution in [0.5, 0.6) is 0 Å². The molecule has 1 aliphatic rings. The maximum absolute atomic E-state index is 13.1. The van der Waals surface area contributed by atoms with Crippen LogP contribution >= 0.6 is 0 Å². The molecule has 0 bridgehead atoms. The molecule has 0 aromatic rings. The Morgan fingerprint density at radius 2 is 1.19 bits per heavy atom. The summed E-state index contributed by atoms with van der Waals surface area (Å²) in [5.41, 5.74) is -4.20. The van der Waals surface area contributed by atoms with Crippen molar-refractivity contribution in [2.24, 2.45) is 5.92 Å². The Kier molecular flexibility index (Phi) is 12.4. The highest BCUT2D eigenvalue weighted by atomic mass is 17.2. The first-order valence-corrected chi connectivity index (χ1v) is 11.3. The molecule has 1 heterocycles. The number of hydrogen-bond donors (Lipinski definition) is 6. The van der Waals surface area contributed by atoms with Crippen LogP contribution in [0.2, 0.25) is 0 Å². The molecule has 240 valence electrons. The van der Waals surface area contributed by atoms with Gasteiger partial charge in [-0.2, -0.15) is 0 Å². The van der Waals surface area contributed by atoms with Gasteiger partial charge in [0.1, 0.15) is 24.4 Å². The highest BCUT2D eigenvalue weighted by Gasteiger charge is 2.69. The molecule has 1 saturated heterocycles. The quantitative estimate of drug-likeness (QED) is 0.0744. The molecule has 43 heavy (non-hydrogen) atoms. The molecule has 0 radical (unpaired) electrons. The number of aliphatic hydroxyl groups is 6. The van der Waals surface area contributed by atoms with Gasteiger partial charge in [0.2, 0.25) is 23.1 Å². The first-order chi connectivity index (χ1) is 19.7. The Bertz CT molecular complexity index is 1170. The first-order valence-electron chi connectivity index (χ1n) is 11.3. The molecule has 7 atom stereocenters. The normalized spacial score (nSPS) is 25.0. The zero-order valence-electron chi connectivity index (χ0n) is 22.0. The molecule has 6 N–H and O–H groups in total. The number of rotatable bonds is 10. The minimum atomic E-state index is -4.20. The lowest BCUT2D eigenvalue weighted by Crippen LogP contribution is -2.73. The average Bonchev–Trinajstić information content (AvgIpc) is 2.93. The topological polar surface area (TPSA) is 340 Å². The van der Waals surface area contributed by atoms with Crippen LogP contribution in [0, 0.1) is 5.92 Å². The highest BCUT2D eigenvalue weighted by molar-refractivity contribution is 6.33. The van der Waals surface area contributed by atoms with Crippen LogP contribution in [-0.4, -0.2) is 126 Å². The first kappa shape index (κ1) is 36.6. The van der Waals surface area contributed by atoms with Gasteiger partial charge in [-0.3, -0.25) is 14.4 Å². The summed E-state index contributed by atoms with van der Waals surface area (Å²) in [6, 6.07) is 0. The van der Waals surface area contributed by atoms with Crippen LogP contribution in [0.3, 0.4) is 0 Å². The fraction of sp³-hybridized carbons (Fsp3) is 0.571. The van der Waals surface area contributed by atoms with Gasteiger partial charge in [0.25, 0.3) is 0 Å². The predicted molar refractivity (Wildman–Crippen MR) is 117 cm³/mol. The van der Waals surface area contributed by atoms with Crippen LogP contribution in [0.15, 0.2) is 0 Å². The predicted octanol–water partition coefficient (Wildman–Crippen LogP) is -6.34. The Morgan fingerprint density at radius 1 is 0.744 bits per heavy atom. The van der Waals surface area contributed by atoms with E-state index in [1.807, 2.05) is 0 Å². The van der Waals surface area contributed by atoms with Gasteiger partial charge in [0, 0.05) is 20.8 Å². The zero-order chi connectivity index (χ0) is 33.4. The van der Waals surface area contributed by atoms with Crippen molar-refractivity contribution in [2.75, 3.05) is 6.61 Å². The minimum Gasteiger partial charge on any atom is -0.394 e. The van der Waals surface area contributed by atoms with Crippen LogP contribution in [-0.2, 0) is 77.2 Å². The summed E-state index contributed by atoms with van der Waals surface area (Å²) in [6.45, 7) is 0.532. The summed E-state index contributed by atoms with van der Waals surface area (Å²) in [5.74, 6) is -24.4. The lowest BCUT2D eigenvalue weighted by Gasteiger charge is -2.49. The molecule has 1 aliphatic heterocycles. The van der Waals surface area contributed by atoms with Crippen molar-refractivity contribution < 1.29 is 108 Å². The third kappa shape index (κ3) is 8.54. The maximum atomic E-state index is 13.1. The molecule has 1 fully saturated rings. The van der Waals surface area contributed by atoms with E-state index in [9.17, 15) is 73.8 Å². The summed E-state index contributed by atoms with van der Waals surface area (Å²) >= 11 is 0. The highest BCUT2D eigenvalue weighted by Crippen LogP contribution is 2.42. The number of carbonyl (C=O) groups is 9. The molecule has 0 aromatic heterocycles. The zero-order valence-corrected chi connectivity index (χ0v) is 22.0. The Balaban J connectivity index is 3.79. The van der Waals surface area contributed by atoms with Crippen molar-refractivity contribution in [3.05, 3.63) is 0 Å². The van der Waals surface area contributed by atoms with E-state index in [4.69, 9.17) is 4.74 Å². The number of ketones is 3. The van der Waals surface area contributed by atoms with Gasteiger partial charge in [0.15, 0.2) is 11.5 Å². The molecule has 0 amide bonds. The van der Waals surface area contributed by atoms with Gasteiger partial charge in [-0.05, 0) is 0 Å². The second-order valence-corrected chi connectivity index (χ2v) is 8.56. The van der Waals surface area contributed by atoms with Gasteiger partial charge in [-0.15, -0.1) is 0 Å². The van der Waals surface area contributed by atoms with E-state index in [0.717, 1.165) is 0 Å². The molecule has 1 rings (SSSR count). The summed E-state index contributed by atoms with van der Waals surface area (Å²) in [6.07, 6.45) is -12.1. The van der Waals surface area contributed by atoms with Gasteiger partial charge in [-0.1, -0.05) is 0 Å². The van der Waals surface area contributed by atoms with Crippen LogP contribution in [0.1, 0.15) is 27.2 Å². The fourth-order valence-electron chi connectivity index (χ4n) is 3.20. The van der Waals surface area contributed by atoms with E-state index in [0.29, 0.717) is 20.8 Å². The second-order valence-electron chi connectivity index (χ2n) is 8.56. The third-order valence-electron chi connectivity index (χ3n) is 5.36. The Labute approximate surface area is 237 Å². The molecule has 0 aliphatic carbocycles. The number of carbonyl (C=O) groups excluding carboxylic acids is 9. The fourth-order valence-corrected chi connectivity index (χ4v) is 3.20. The SMILES string of the molecule is CC(=O)C(=O)OOC(=O)CC(O)(C(=O)OOC(=O)C(C)=O)C(C(=O)OOC(=O)C(C)=O)C1(O)O[C@H](CO)[C@@H](O)[C@H](O)[C@H]1O. The third-order valence-corrected chi connectivity index (χ3v) is 5.36. The molecular weight excluding hydrogens is 604 g/mol. The van der Waals surface area contributed by atoms with E-state index in [-0.39, 0.29) is 0 Å². The molecule has 0 saturated carbocycles. The smallest absolute Gasteiger partial charge is 0.394 e. The van der Waals surface area contributed by atoms with Crippen molar-refractivity contribution >= 4 is 53.2 Å². The molecule has 22 nitrogen and oxygen atoms in total. The molecule has 22 heteroatoms. The largest absolute Gasteiger partial charge is 0.421 e. The Morgan fingerprint density at radius 3 is 1.63 bits per heavy atom. The van der Waals surface area contributed by atoms with Gasteiger partial charge in [0.05, 0.1) is 13.0 Å². The van der Waals surface area contributed by atoms with Crippen LogP contribution in [0.4, 0.5) is 0 Å². The lowest BCUT2D eigenvalue weighted by atomic mass is 9.73. The molecule has 3 unspecified atom stereocenters. The standard InChI is InChI=1S/C21H24O22/c1-6(23)15(30)39-38-10(26)4-20(35,19(34)43-41-17(32)8(3)25)13(18(33)42-40-16(31)7(2)24)21(36)14(29)12(28)11(27)9(5-22)37-21/h9,11-14,22,27-29,35-36H,4-5H2,1-3H3/t9-,11-,12+,13?,14-,20?,21?/m1/s1. The molecular formula is C21H24O22. The Hall–Kier alpha value is -4.45.